The van der Waals surface area contributed by atoms with Crippen LogP contribution in [0.4, 0.5) is 67.0 Å². The molecule has 27 nitrogen and oxygen atoms in total. The van der Waals surface area contributed by atoms with Crippen molar-refractivity contribution in [3.05, 3.63) is 251 Å². The minimum Gasteiger partial charge on any atom is -0.383 e. The number of hydrogen-bond acceptors (Lipinski definition) is 15. The fourth-order valence-electron chi connectivity index (χ4n) is 15.2. The van der Waals surface area contributed by atoms with E-state index in [1.807, 2.05) is 33.2 Å². The maximum Gasteiger partial charge on any atom is 0.320 e. The summed E-state index contributed by atoms with van der Waals surface area (Å²) >= 11 is 0. The highest BCUT2D eigenvalue weighted by molar-refractivity contribution is 5.93. The first-order valence-electron chi connectivity index (χ1n) is 38.3. The second-order valence-corrected chi connectivity index (χ2v) is 29.4. The van der Waals surface area contributed by atoms with Crippen molar-refractivity contribution in [1.82, 2.24) is 89.3 Å². The molecular weight excluding hydrogens is 1550 g/mol. The quantitative estimate of drug-likeness (QED) is 0.0307. The van der Waals surface area contributed by atoms with Crippen LogP contribution in [0.15, 0.2) is 171 Å². The van der Waals surface area contributed by atoms with Gasteiger partial charge in [-0.15, -0.1) is 0 Å². The van der Waals surface area contributed by atoms with E-state index >= 15 is 0 Å². The van der Waals surface area contributed by atoms with Crippen molar-refractivity contribution >= 4 is 35.5 Å². The summed E-state index contributed by atoms with van der Waals surface area (Å²) in [5, 5.41) is 44.5. The Balaban J connectivity index is 0.000000155. The van der Waals surface area contributed by atoms with Crippen molar-refractivity contribution in [2.75, 3.05) is 116 Å². The Hall–Kier alpha value is -12.4. The van der Waals surface area contributed by atoms with Crippen molar-refractivity contribution in [2.45, 2.75) is 56.7 Å². The highest BCUT2D eigenvalue weighted by Gasteiger charge is 2.39. The van der Waals surface area contributed by atoms with Gasteiger partial charge < -0.3 is 30.2 Å². The number of benzene rings is 6. The maximum absolute atomic E-state index is 14.8. The average Bonchev–Trinajstić information content (AvgIpc) is 1.64. The predicted octanol–water partition coefficient (Wildman–Crippen LogP) is 12.6. The summed E-state index contributed by atoms with van der Waals surface area (Å²) in [5.41, 5.74) is 9.36. The lowest BCUT2D eigenvalue weighted by Gasteiger charge is -2.21. The van der Waals surface area contributed by atoms with Gasteiger partial charge in [-0.2, -0.15) is 30.6 Å². The molecule has 119 heavy (non-hydrogen) atoms. The SMILES string of the molecule is COCCN1C[C@@H](NC(=O)Nc2c(C)c(-c3cnn(C)c3)nn2-c2ccc(F)cc2)[C@H](c2ccc(F)c(F)c2)C1.COCCN1C[C@@H](NC(=O)Nc2c(C)c(-c3cnn(C)c3)nn2-c2cccc(F)c2)[C@H](c2ccc(F)c(F)c2)C1.COCCN1C[C@@H](NC(=O)Nc2c(C)c(-c3cnn(C)c3)nn2-c2ccccc2F)[C@H](c2ccc(F)cc2)C1. The molecule has 6 aromatic heterocycles. The maximum atomic E-state index is 14.8. The van der Waals surface area contributed by atoms with Gasteiger partial charge in [0.05, 0.1) is 67.9 Å². The molecule has 3 fully saturated rings. The fraction of sp³-hybridized carbons (Fsp3) is 0.321. The van der Waals surface area contributed by atoms with Crippen molar-refractivity contribution < 1.29 is 63.7 Å². The molecule has 0 unspecified atom stereocenters. The smallest absolute Gasteiger partial charge is 0.320 e. The van der Waals surface area contributed by atoms with Crippen LogP contribution in [-0.2, 0) is 35.4 Å². The van der Waals surface area contributed by atoms with Crippen LogP contribution in [0.1, 0.15) is 51.1 Å². The Labute approximate surface area is 680 Å². The van der Waals surface area contributed by atoms with Gasteiger partial charge in [0.15, 0.2) is 23.3 Å². The number of methoxy groups -OCH3 is 3. The predicted molar refractivity (Wildman–Crippen MR) is 431 cm³/mol. The molecule has 3 aliphatic heterocycles. The van der Waals surface area contributed by atoms with Crippen molar-refractivity contribution in [3.8, 4) is 50.8 Å². The van der Waals surface area contributed by atoms with E-state index in [0.717, 1.165) is 34.4 Å². The average molecular weight is 1640 g/mol. The zero-order valence-corrected chi connectivity index (χ0v) is 66.8. The number of amides is 6. The molecule has 6 N–H and O–H groups in total. The number of carbonyl (C=O) groups excluding carboxylic acids is 3. The van der Waals surface area contributed by atoms with Gasteiger partial charge in [0.1, 0.15) is 63.5 Å². The summed E-state index contributed by atoms with van der Waals surface area (Å²) in [6, 6.07) is 29.5. The zero-order valence-electron chi connectivity index (χ0n) is 66.8. The Kier molecular flexibility index (Phi) is 26.9. The number of urea groups is 3. The molecule has 12 aromatic rings. The fourth-order valence-corrected chi connectivity index (χ4v) is 15.2. The summed E-state index contributed by atoms with van der Waals surface area (Å²) < 4.78 is 137. The molecule has 6 aromatic carbocycles. The van der Waals surface area contributed by atoms with Crippen molar-refractivity contribution in [1.29, 1.82) is 0 Å². The van der Waals surface area contributed by atoms with E-state index in [0.29, 0.717) is 152 Å². The van der Waals surface area contributed by atoms with Gasteiger partial charge in [-0.05, 0) is 128 Å². The van der Waals surface area contributed by atoms with Crippen LogP contribution in [0.25, 0.3) is 50.8 Å². The molecule has 0 bridgehead atoms. The highest BCUT2D eigenvalue weighted by atomic mass is 19.2. The number of nitrogens with zero attached hydrogens (tertiary/aromatic N) is 15. The number of nitrogens with one attached hydrogen (secondary N) is 6. The van der Waals surface area contributed by atoms with Gasteiger partial charge >= 0.3 is 18.1 Å². The third kappa shape index (κ3) is 20.1. The van der Waals surface area contributed by atoms with Gasteiger partial charge in [0.25, 0.3) is 0 Å². The van der Waals surface area contributed by atoms with Gasteiger partial charge in [0, 0.05) is 171 Å². The van der Waals surface area contributed by atoms with Gasteiger partial charge in [-0.3, -0.25) is 44.7 Å². The molecule has 0 saturated carbocycles. The van der Waals surface area contributed by atoms with Crippen LogP contribution < -0.4 is 31.9 Å². The summed E-state index contributed by atoms with van der Waals surface area (Å²) in [7, 11) is 10.2. The molecule has 0 aliphatic carbocycles. The van der Waals surface area contributed by atoms with E-state index in [1.54, 1.807) is 153 Å². The number of ether oxygens (including phenoxy) is 3. The Morgan fingerprint density at radius 3 is 1.13 bits per heavy atom. The number of para-hydroxylation sites is 1. The topological polar surface area (TPSA) is 268 Å². The van der Waals surface area contributed by atoms with Gasteiger partial charge in [-0.1, -0.05) is 42.5 Å². The lowest BCUT2D eigenvalue weighted by Crippen LogP contribution is -2.42. The molecular formula is C84H91F8N21O6. The first-order chi connectivity index (χ1) is 57.3. The number of anilines is 3. The van der Waals surface area contributed by atoms with E-state index in [2.05, 4.69) is 72.1 Å². The van der Waals surface area contributed by atoms with Gasteiger partial charge in [0.2, 0.25) is 0 Å². The normalized spacial score (nSPS) is 17.4. The van der Waals surface area contributed by atoms with Crippen LogP contribution >= 0.6 is 0 Å². The second-order valence-electron chi connectivity index (χ2n) is 29.4. The summed E-state index contributed by atoms with van der Waals surface area (Å²) in [6.07, 6.45) is 10.4. The molecule has 0 spiro atoms. The van der Waals surface area contributed by atoms with E-state index in [1.165, 1.54) is 64.0 Å². The number of rotatable bonds is 24. The van der Waals surface area contributed by atoms with Crippen molar-refractivity contribution in [3.63, 3.8) is 0 Å². The molecule has 3 aliphatic rings. The van der Waals surface area contributed by atoms with Gasteiger partial charge in [-0.25, -0.2) is 63.6 Å². The van der Waals surface area contributed by atoms with E-state index in [-0.39, 0.29) is 41.3 Å². The second kappa shape index (κ2) is 37.9. The van der Waals surface area contributed by atoms with Crippen LogP contribution in [0, 0.1) is 67.3 Å². The Morgan fingerprint density at radius 2 is 0.756 bits per heavy atom. The third-order valence-electron chi connectivity index (χ3n) is 21.2. The summed E-state index contributed by atoms with van der Waals surface area (Å²) in [5.74, 6) is -4.81. The van der Waals surface area contributed by atoms with Crippen LogP contribution in [0.2, 0.25) is 0 Å². The van der Waals surface area contributed by atoms with E-state index in [9.17, 15) is 49.5 Å². The third-order valence-corrected chi connectivity index (χ3v) is 21.2. The summed E-state index contributed by atoms with van der Waals surface area (Å²) in [4.78, 5) is 46.6. The molecule has 35 heteroatoms. The zero-order chi connectivity index (χ0) is 84.3. The Bertz CT molecular complexity index is 5540. The molecule has 6 atom stereocenters. The molecule has 15 rings (SSSR count). The van der Waals surface area contributed by atoms with Crippen molar-refractivity contribution in [2.24, 2.45) is 21.1 Å². The number of likely N-dealkylation sites (tertiary alicyclic amines) is 3. The van der Waals surface area contributed by atoms with Crippen LogP contribution in [-0.4, -0.2) is 210 Å². The molecule has 9 heterocycles. The largest absolute Gasteiger partial charge is 0.383 e. The number of aromatic nitrogens is 12. The minimum atomic E-state index is -0.936. The Morgan fingerprint density at radius 1 is 0.387 bits per heavy atom. The number of halogens is 8. The highest BCUT2D eigenvalue weighted by Crippen LogP contribution is 2.37. The standard InChI is InChI=1S/2C28H30F3N7O2.C28H31F2N7O2/c1-17-26(19-13-32-36(2)14-19)35-38(21-7-5-20(29)6-8-21)27(17)34-28(39)33-25-16-37(10-11-40-3)15-22(25)18-4-9-23(30)24(31)12-18;1-17-26(19-13-32-36(2)14-19)35-38(21-6-4-5-20(29)12-21)27(17)34-28(39)33-25-16-37(9-10-40-3)15-22(25)18-7-8-23(30)24(31)11-18;1-18-26(20-14-31-35(2)15-20)34-37(25-7-5-4-6-23(25)30)27(18)33-28(38)32-24-17-36(12-13-39-3)16-22(24)19-8-10-21(29)11-9-19/h4-9,12-14,22,25H,10-11,15-16H2,1-3H3,(H2,33,34,39);4-8,11-14,22,25H,9-10,15-16H2,1-3H3,(H2,33,34,39);4-11,14-15,22,24H,12-13,16-17H2,1-3H3,(H2,32,33,38)/t2*22-,25+;22-,24+/m000/s1. The lowest BCUT2D eigenvalue weighted by atomic mass is 9.94. The molecule has 6 amide bonds. The molecule has 0 radical (unpaired) electrons. The molecule has 3 saturated heterocycles. The molecule has 624 valence electrons. The number of carbonyl (C=O) groups is 3. The first-order valence-corrected chi connectivity index (χ1v) is 38.3. The number of hydrogen-bond donors (Lipinski definition) is 6. The van der Waals surface area contributed by atoms with E-state index in [4.69, 9.17) is 19.3 Å². The van der Waals surface area contributed by atoms with Crippen LogP contribution in [0.5, 0.6) is 0 Å². The lowest BCUT2D eigenvalue weighted by molar-refractivity contribution is 0.159. The monoisotopic (exact) mass is 1640 g/mol. The first kappa shape index (κ1) is 84.5. The van der Waals surface area contributed by atoms with E-state index < -0.39 is 64.9 Å². The summed E-state index contributed by atoms with van der Waals surface area (Å²) in [6.45, 7) is 12.3. The number of aryl methyl sites for hydroxylation is 3. The minimum absolute atomic E-state index is 0.0447. The van der Waals surface area contributed by atoms with Crippen LogP contribution in [0.3, 0.4) is 0 Å².